The molecule has 21 heavy (non-hydrogen) atoms. The van der Waals surface area contributed by atoms with Crippen molar-refractivity contribution in [3.63, 3.8) is 0 Å². The number of hydrogen-bond donors (Lipinski definition) is 2. The van der Waals surface area contributed by atoms with Crippen LogP contribution in [0.1, 0.15) is 18.5 Å². The van der Waals surface area contributed by atoms with Gasteiger partial charge in [-0.3, -0.25) is 0 Å². The van der Waals surface area contributed by atoms with Gasteiger partial charge in [0.2, 0.25) is 0 Å². The van der Waals surface area contributed by atoms with Crippen LogP contribution >= 0.6 is 34.8 Å². The molecule has 0 bridgehead atoms. The predicted octanol–water partition coefficient (Wildman–Crippen LogP) is 5.53. The maximum absolute atomic E-state index is 12.0. The fourth-order valence-electron chi connectivity index (χ4n) is 1.86. The minimum absolute atomic E-state index is 0.256. The number of anilines is 1. The number of halogens is 3. The van der Waals surface area contributed by atoms with Crippen molar-refractivity contribution in [2.75, 3.05) is 5.32 Å². The summed E-state index contributed by atoms with van der Waals surface area (Å²) in [5.41, 5.74) is 1.41. The summed E-state index contributed by atoms with van der Waals surface area (Å²) in [6.07, 6.45) is 0. The highest BCUT2D eigenvalue weighted by Gasteiger charge is 2.13. The number of carbonyl (C=O) groups excluding carboxylic acids is 1. The SMILES string of the molecule is CC(NC(=O)Nc1cccc(Cl)c1)c1ccc(Cl)cc1Cl. The molecule has 110 valence electrons. The van der Waals surface area contributed by atoms with Gasteiger partial charge in [-0.25, -0.2) is 4.79 Å². The van der Waals surface area contributed by atoms with E-state index in [1.165, 1.54) is 0 Å². The number of hydrogen-bond acceptors (Lipinski definition) is 1. The molecule has 2 aromatic rings. The molecule has 0 spiro atoms. The molecule has 0 heterocycles. The van der Waals surface area contributed by atoms with Crippen molar-refractivity contribution >= 4 is 46.5 Å². The molecule has 0 aliphatic heterocycles. The maximum Gasteiger partial charge on any atom is 0.319 e. The van der Waals surface area contributed by atoms with Crippen molar-refractivity contribution in [3.8, 4) is 0 Å². The molecule has 0 radical (unpaired) electrons. The lowest BCUT2D eigenvalue weighted by molar-refractivity contribution is 0.249. The van der Waals surface area contributed by atoms with Crippen molar-refractivity contribution in [1.82, 2.24) is 5.32 Å². The lowest BCUT2D eigenvalue weighted by Gasteiger charge is -2.16. The summed E-state index contributed by atoms with van der Waals surface area (Å²) in [5.74, 6) is 0. The summed E-state index contributed by atoms with van der Waals surface area (Å²) in [6.45, 7) is 1.84. The van der Waals surface area contributed by atoms with Crippen molar-refractivity contribution in [3.05, 3.63) is 63.1 Å². The van der Waals surface area contributed by atoms with Gasteiger partial charge in [0.1, 0.15) is 0 Å². The van der Waals surface area contributed by atoms with E-state index < -0.39 is 0 Å². The monoisotopic (exact) mass is 342 g/mol. The Morgan fingerprint density at radius 2 is 1.76 bits per heavy atom. The zero-order chi connectivity index (χ0) is 15.4. The molecule has 0 aliphatic rings. The molecule has 0 saturated heterocycles. The minimum atomic E-state index is -0.337. The van der Waals surface area contributed by atoms with E-state index in [1.807, 2.05) is 6.92 Å². The fraction of sp³-hybridized carbons (Fsp3) is 0.133. The Morgan fingerprint density at radius 3 is 2.43 bits per heavy atom. The summed E-state index contributed by atoms with van der Waals surface area (Å²) in [6, 6.07) is 11.5. The van der Waals surface area contributed by atoms with Crippen LogP contribution in [0.25, 0.3) is 0 Å². The van der Waals surface area contributed by atoms with E-state index in [0.717, 1.165) is 5.56 Å². The van der Waals surface area contributed by atoms with E-state index in [0.29, 0.717) is 20.8 Å². The summed E-state index contributed by atoms with van der Waals surface area (Å²) in [5, 5.41) is 7.14. The second-order valence-electron chi connectivity index (χ2n) is 4.50. The summed E-state index contributed by atoms with van der Waals surface area (Å²) < 4.78 is 0. The average molecular weight is 344 g/mol. The highest BCUT2D eigenvalue weighted by atomic mass is 35.5. The third kappa shape index (κ3) is 4.53. The Kier molecular flexibility index (Phi) is 5.34. The Balaban J connectivity index is 2.02. The highest BCUT2D eigenvalue weighted by molar-refractivity contribution is 6.35. The van der Waals surface area contributed by atoms with Crippen LogP contribution < -0.4 is 10.6 Å². The number of urea groups is 1. The van der Waals surface area contributed by atoms with Gasteiger partial charge in [-0.15, -0.1) is 0 Å². The first-order valence-corrected chi connectivity index (χ1v) is 7.37. The fourth-order valence-corrected chi connectivity index (χ4v) is 2.62. The molecule has 0 fully saturated rings. The van der Waals surface area contributed by atoms with Crippen LogP contribution in [0.5, 0.6) is 0 Å². The van der Waals surface area contributed by atoms with Crippen molar-refractivity contribution in [2.45, 2.75) is 13.0 Å². The van der Waals surface area contributed by atoms with E-state index >= 15 is 0 Å². The quantitative estimate of drug-likeness (QED) is 0.756. The first-order chi connectivity index (χ1) is 9.95. The Labute approximate surface area is 138 Å². The molecule has 0 saturated carbocycles. The van der Waals surface area contributed by atoms with Crippen LogP contribution in [0, 0.1) is 0 Å². The second kappa shape index (κ2) is 7.03. The van der Waals surface area contributed by atoms with Gasteiger partial charge in [-0.1, -0.05) is 46.9 Å². The Hall–Kier alpha value is -1.42. The van der Waals surface area contributed by atoms with Gasteiger partial charge in [-0.2, -0.15) is 0 Å². The molecule has 2 amide bonds. The average Bonchev–Trinajstić information content (AvgIpc) is 2.38. The number of nitrogens with one attached hydrogen (secondary N) is 2. The smallest absolute Gasteiger partial charge is 0.319 e. The maximum atomic E-state index is 12.0. The molecule has 3 nitrogen and oxygen atoms in total. The zero-order valence-corrected chi connectivity index (χ0v) is 13.4. The molecular formula is C15H13Cl3N2O. The van der Waals surface area contributed by atoms with Gasteiger partial charge in [0.25, 0.3) is 0 Å². The molecule has 0 aliphatic carbocycles. The first kappa shape index (κ1) is 16.0. The Bertz CT molecular complexity index is 661. The largest absolute Gasteiger partial charge is 0.331 e. The molecule has 0 aromatic heterocycles. The number of rotatable bonds is 3. The molecule has 1 atom stereocenters. The van der Waals surface area contributed by atoms with Crippen LogP contribution in [0.3, 0.4) is 0 Å². The van der Waals surface area contributed by atoms with Gasteiger partial charge in [0, 0.05) is 20.8 Å². The summed E-state index contributed by atoms with van der Waals surface area (Å²) >= 11 is 17.8. The van der Waals surface area contributed by atoms with Crippen LogP contribution in [0.2, 0.25) is 15.1 Å². The molecular weight excluding hydrogens is 331 g/mol. The molecule has 2 N–H and O–H groups in total. The highest BCUT2D eigenvalue weighted by Crippen LogP contribution is 2.26. The first-order valence-electron chi connectivity index (χ1n) is 6.24. The number of amides is 2. The van der Waals surface area contributed by atoms with Crippen LogP contribution in [-0.4, -0.2) is 6.03 Å². The van der Waals surface area contributed by atoms with E-state index in [-0.39, 0.29) is 12.1 Å². The van der Waals surface area contributed by atoms with E-state index in [4.69, 9.17) is 34.8 Å². The van der Waals surface area contributed by atoms with Gasteiger partial charge >= 0.3 is 6.03 Å². The normalized spacial score (nSPS) is 11.8. The summed E-state index contributed by atoms with van der Waals surface area (Å²) in [7, 11) is 0. The van der Waals surface area contributed by atoms with Gasteiger partial charge < -0.3 is 10.6 Å². The topological polar surface area (TPSA) is 41.1 Å². The summed E-state index contributed by atoms with van der Waals surface area (Å²) in [4.78, 5) is 12.0. The van der Waals surface area contributed by atoms with Gasteiger partial charge in [0.15, 0.2) is 0 Å². The van der Waals surface area contributed by atoms with Crippen LogP contribution in [0.15, 0.2) is 42.5 Å². The van der Waals surface area contributed by atoms with Gasteiger partial charge in [-0.05, 0) is 42.8 Å². The van der Waals surface area contributed by atoms with Crippen LogP contribution in [0.4, 0.5) is 10.5 Å². The van der Waals surface area contributed by atoms with Crippen LogP contribution in [-0.2, 0) is 0 Å². The number of benzene rings is 2. The lowest BCUT2D eigenvalue weighted by Crippen LogP contribution is -2.31. The third-order valence-corrected chi connectivity index (χ3v) is 3.66. The zero-order valence-electron chi connectivity index (χ0n) is 11.2. The predicted molar refractivity (Wildman–Crippen MR) is 88.5 cm³/mol. The molecule has 2 rings (SSSR count). The standard InChI is InChI=1S/C15H13Cl3N2O/c1-9(13-6-5-11(17)8-14(13)18)19-15(21)20-12-4-2-3-10(16)7-12/h2-9H,1H3,(H2,19,20,21). The molecule has 1 unspecified atom stereocenters. The number of carbonyl (C=O) groups is 1. The van der Waals surface area contributed by atoms with E-state index in [9.17, 15) is 4.79 Å². The lowest BCUT2D eigenvalue weighted by atomic mass is 10.1. The van der Waals surface area contributed by atoms with Crippen molar-refractivity contribution in [1.29, 1.82) is 0 Å². The van der Waals surface area contributed by atoms with E-state index in [2.05, 4.69) is 10.6 Å². The third-order valence-electron chi connectivity index (χ3n) is 2.86. The van der Waals surface area contributed by atoms with E-state index in [1.54, 1.807) is 42.5 Å². The minimum Gasteiger partial charge on any atom is -0.331 e. The second-order valence-corrected chi connectivity index (χ2v) is 5.78. The van der Waals surface area contributed by atoms with Gasteiger partial charge in [0.05, 0.1) is 6.04 Å². The molecule has 2 aromatic carbocycles. The molecule has 6 heteroatoms. The van der Waals surface area contributed by atoms with Crippen molar-refractivity contribution < 1.29 is 4.79 Å². The Morgan fingerprint density at radius 1 is 1.05 bits per heavy atom. The van der Waals surface area contributed by atoms with Crippen molar-refractivity contribution in [2.24, 2.45) is 0 Å².